The molecule has 3 aromatic heterocycles. The van der Waals surface area contributed by atoms with E-state index in [0.29, 0.717) is 23.2 Å². The highest BCUT2D eigenvalue weighted by Crippen LogP contribution is 2.30. The molecule has 2 amide bonds. The molecule has 0 spiro atoms. The molecule has 1 N–H and O–H groups in total. The van der Waals surface area contributed by atoms with Gasteiger partial charge in [0.05, 0.1) is 37.3 Å². The molecule has 0 aliphatic carbocycles. The minimum Gasteiger partial charge on any atom is -0.384 e. The van der Waals surface area contributed by atoms with E-state index in [1.165, 1.54) is 17.5 Å². The van der Waals surface area contributed by atoms with Gasteiger partial charge in [-0.15, -0.1) is 0 Å². The second-order valence-electron chi connectivity index (χ2n) is 6.85. The number of nitrogens with zero attached hydrogens (tertiary/aromatic N) is 5. The molecule has 9 nitrogen and oxygen atoms in total. The number of carbonyl (C=O) groups excluding carboxylic acids is 2. The third kappa shape index (κ3) is 6.19. The summed E-state index contributed by atoms with van der Waals surface area (Å²) in [6.07, 6.45) is 9.55. The molecule has 0 radical (unpaired) electrons. The van der Waals surface area contributed by atoms with Crippen molar-refractivity contribution >= 4 is 28.3 Å². The Bertz CT molecular complexity index is 961. The molecule has 0 saturated heterocycles. The van der Waals surface area contributed by atoms with Crippen LogP contribution in [0.3, 0.4) is 0 Å². The standard InChI is InChI=1S/C21H26N6O3S/c1-16(17-6-3-4-8-23-17)27(19(28)7-13-30-2)21-25-14-18(31-21)20(29)24-9-5-11-26-12-10-22-15-26/h3-4,6,8,10,12,14-16H,5,7,9,11,13H2,1-2H3,(H,24,29). The Labute approximate surface area is 185 Å². The largest absolute Gasteiger partial charge is 0.384 e. The molecule has 0 aliphatic rings. The van der Waals surface area contributed by atoms with E-state index in [0.717, 1.165) is 18.7 Å². The van der Waals surface area contributed by atoms with Crippen molar-refractivity contribution in [1.82, 2.24) is 24.8 Å². The summed E-state index contributed by atoms with van der Waals surface area (Å²) in [4.78, 5) is 40.2. The molecule has 0 bridgehead atoms. The van der Waals surface area contributed by atoms with Crippen molar-refractivity contribution < 1.29 is 14.3 Å². The Morgan fingerprint density at radius 3 is 2.87 bits per heavy atom. The summed E-state index contributed by atoms with van der Waals surface area (Å²) < 4.78 is 7.02. The molecule has 3 aromatic rings. The second kappa shape index (κ2) is 11.3. The van der Waals surface area contributed by atoms with E-state index < -0.39 is 0 Å². The van der Waals surface area contributed by atoms with Crippen LogP contribution >= 0.6 is 11.3 Å². The maximum atomic E-state index is 12.9. The number of amides is 2. The van der Waals surface area contributed by atoms with Crippen molar-refractivity contribution in [3.8, 4) is 0 Å². The number of ether oxygens (including phenoxy) is 1. The van der Waals surface area contributed by atoms with Crippen molar-refractivity contribution in [3.63, 3.8) is 0 Å². The fourth-order valence-corrected chi connectivity index (χ4v) is 3.94. The molecular formula is C21H26N6O3S. The molecule has 10 heteroatoms. The lowest BCUT2D eigenvalue weighted by atomic mass is 10.2. The Morgan fingerprint density at radius 1 is 1.29 bits per heavy atom. The van der Waals surface area contributed by atoms with Gasteiger partial charge in [-0.3, -0.25) is 19.5 Å². The van der Waals surface area contributed by atoms with Gasteiger partial charge in [0.15, 0.2) is 5.13 Å². The van der Waals surface area contributed by atoms with Gasteiger partial charge < -0.3 is 14.6 Å². The summed E-state index contributed by atoms with van der Waals surface area (Å²) in [6, 6.07) is 5.23. The number of pyridine rings is 1. The number of nitrogens with one attached hydrogen (secondary N) is 1. The maximum Gasteiger partial charge on any atom is 0.263 e. The van der Waals surface area contributed by atoms with E-state index in [9.17, 15) is 9.59 Å². The number of anilines is 1. The first-order valence-corrected chi connectivity index (χ1v) is 10.8. The van der Waals surface area contributed by atoms with Gasteiger partial charge >= 0.3 is 0 Å². The van der Waals surface area contributed by atoms with E-state index >= 15 is 0 Å². The van der Waals surface area contributed by atoms with Gasteiger partial charge in [0.25, 0.3) is 5.91 Å². The van der Waals surface area contributed by atoms with Gasteiger partial charge in [0.1, 0.15) is 4.88 Å². The van der Waals surface area contributed by atoms with Crippen LogP contribution in [0.25, 0.3) is 0 Å². The number of thiazole rings is 1. The van der Waals surface area contributed by atoms with E-state index in [1.54, 1.807) is 30.7 Å². The van der Waals surface area contributed by atoms with Crippen molar-refractivity contribution in [3.05, 3.63) is 59.9 Å². The molecular weight excluding hydrogens is 416 g/mol. The van der Waals surface area contributed by atoms with Crippen molar-refractivity contribution in [2.24, 2.45) is 0 Å². The molecule has 31 heavy (non-hydrogen) atoms. The zero-order valence-corrected chi connectivity index (χ0v) is 18.4. The van der Waals surface area contributed by atoms with Crippen LogP contribution in [0.4, 0.5) is 5.13 Å². The number of methoxy groups -OCH3 is 1. The predicted octanol–water partition coefficient (Wildman–Crippen LogP) is 2.69. The minimum absolute atomic E-state index is 0.137. The number of carbonyl (C=O) groups is 2. The van der Waals surface area contributed by atoms with Crippen molar-refractivity contribution in [1.29, 1.82) is 0 Å². The monoisotopic (exact) mass is 442 g/mol. The number of rotatable bonds is 11. The molecule has 164 valence electrons. The second-order valence-corrected chi connectivity index (χ2v) is 7.86. The molecule has 3 heterocycles. The lowest BCUT2D eigenvalue weighted by Crippen LogP contribution is -2.34. The first-order valence-electron chi connectivity index (χ1n) is 10.0. The van der Waals surface area contributed by atoms with Gasteiger partial charge in [-0.2, -0.15) is 0 Å². The summed E-state index contributed by atoms with van der Waals surface area (Å²) in [5.74, 6) is -0.342. The molecule has 1 atom stereocenters. The van der Waals surface area contributed by atoms with Crippen LogP contribution in [-0.4, -0.2) is 51.6 Å². The van der Waals surface area contributed by atoms with Gasteiger partial charge in [-0.25, -0.2) is 9.97 Å². The van der Waals surface area contributed by atoms with Gasteiger partial charge in [0.2, 0.25) is 5.91 Å². The smallest absolute Gasteiger partial charge is 0.263 e. The third-order valence-electron chi connectivity index (χ3n) is 4.65. The van der Waals surface area contributed by atoms with Crippen molar-refractivity contribution in [2.45, 2.75) is 32.4 Å². The average molecular weight is 443 g/mol. The summed E-state index contributed by atoms with van der Waals surface area (Å²) in [7, 11) is 1.55. The van der Waals surface area contributed by atoms with Crippen LogP contribution in [0.2, 0.25) is 0 Å². The number of imidazole rings is 1. The Kier molecular flexibility index (Phi) is 8.25. The fraction of sp³-hybridized carbons (Fsp3) is 0.381. The quantitative estimate of drug-likeness (QED) is 0.458. The van der Waals surface area contributed by atoms with Crippen LogP contribution in [0, 0.1) is 0 Å². The molecule has 1 unspecified atom stereocenters. The van der Waals surface area contributed by atoms with Crippen LogP contribution < -0.4 is 10.2 Å². The summed E-state index contributed by atoms with van der Waals surface area (Å²) in [5.41, 5.74) is 0.744. The SMILES string of the molecule is COCCC(=O)N(c1ncc(C(=O)NCCCn2ccnc2)s1)C(C)c1ccccn1. The molecule has 0 aliphatic heterocycles. The van der Waals surface area contributed by atoms with E-state index in [2.05, 4.69) is 20.3 Å². The first kappa shape index (κ1) is 22.6. The predicted molar refractivity (Wildman–Crippen MR) is 118 cm³/mol. The molecule has 0 aromatic carbocycles. The number of aryl methyl sites for hydroxylation is 1. The summed E-state index contributed by atoms with van der Waals surface area (Å²) in [5, 5.41) is 3.36. The number of hydrogen-bond donors (Lipinski definition) is 1. The van der Waals surface area contributed by atoms with Crippen molar-refractivity contribution in [2.75, 3.05) is 25.2 Å². The molecule has 3 rings (SSSR count). The van der Waals surface area contributed by atoms with Gasteiger partial charge in [-0.05, 0) is 25.5 Å². The molecule has 0 fully saturated rings. The first-order chi connectivity index (χ1) is 15.1. The summed E-state index contributed by atoms with van der Waals surface area (Å²) in [6.45, 7) is 3.51. The lowest BCUT2D eigenvalue weighted by molar-refractivity contribution is -0.119. The number of hydrogen-bond acceptors (Lipinski definition) is 7. The summed E-state index contributed by atoms with van der Waals surface area (Å²) >= 11 is 1.19. The highest BCUT2D eigenvalue weighted by atomic mass is 32.1. The van der Waals surface area contributed by atoms with Gasteiger partial charge in [0, 0.05) is 38.8 Å². The topological polar surface area (TPSA) is 102 Å². The van der Waals surface area contributed by atoms with Crippen LogP contribution in [0.15, 0.2) is 49.3 Å². The van der Waals surface area contributed by atoms with E-state index in [1.807, 2.05) is 35.9 Å². The molecule has 0 saturated carbocycles. The third-order valence-corrected chi connectivity index (χ3v) is 5.65. The van der Waals surface area contributed by atoms with E-state index in [-0.39, 0.29) is 24.3 Å². The normalized spacial score (nSPS) is 11.8. The number of aromatic nitrogens is 4. The highest BCUT2D eigenvalue weighted by molar-refractivity contribution is 7.17. The minimum atomic E-state index is -0.331. The van der Waals surface area contributed by atoms with Crippen LogP contribution in [0.1, 0.15) is 41.2 Å². The average Bonchev–Trinajstić information content (AvgIpc) is 3.48. The zero-order chi connectivity index (χ0) is 22.1. The van der Waals surface area contributed by atoms with Crippen LogP contribution in [-0.2, 0) is 16.1 Å². The Hall–Kier alpha value is -3.11. The van der Waals surface area contributed by atoms with Gasteiger partial charge in [-0.1, -0.05) is 17.4 Å². The highest BCUT2D eigenvalue weighted by Gasteiger charge is 2.27. The maximum absolute atomic E-state index is 12.9. The lowest BCUT2D eigenvalue weighted by Gasteiger charge is -2.26. The zero-order valence-electron chi connectivity index (χ0n) is 17.6. The Morgan fingerprint density at radius 2 is 2.16 bits per heavy atom. The fourth-order valence-electron chi connectivity index (χ4n) is 3.00. The van der Waals surface area contributed by atoms with E-state index in [4.69, 9.17) is 4.74 Å². The Balaban J connectivity index is 1.67. The van der Waals surface area contributed by atoms with Crippen LogP contribution in [0.5, 0.6) is 0 Å².